The topological polar surface area (TPSA) is 12.0 Å². The second-order valence-corrected chi connectivity index (χ2v) is 3.13. The Morgan fingerprint density at radius 3 is 2.85 bits per heavy atom. The van der Waals surface area contributed by atoms with Crippen molar-refractivity contribution in [1.82, 2.24) is 0 Å². The summed E-state index contributed by atoms with van der Waals surface area (Å²) in [5, 5.41) is 3.36. The van der Waals surface area contributed by atoms with Gasteiger partial charge in [0.1, 0.15) is 0 Å². The van der Waals surface area contributed by atoms with E-state index in [0.29, 0.717) is 0 Å². The molecule has 1 rings (SSSR count). The van der Waals surface area contributed by atoms with E-state index in [1.165, 1.54) is 16.8 Å². The summed E-state index contributed by atoms with van der Waals surface area (Å²) in [6.45, 7) is 8.83. The van der Waals surface area contributed by atoms with E-state index < -0.39 is 0 Å². The van der Waals surface area contributed by atoms with Crippen LogP contribution in [-0.2, 0) is 6.42 Å². The fourth-order valence-electron chi connectivity index (χ4n) is 1.45. The Morgan fingerprint density at radius 1 is 1.46 bits per heavy atom. The predicted molar refractivity (Wildman–Crippen MR) is 59.2 cm³/mol. The molecule has 0 radical (unpaired) electrons. The van der Waals surface area contributed by atoms with Gasteiger partial charge in [-0.25, -0.2) is 0 Å². The Bertz CT molecular complexity index is 289. The van der Waals surface area contributed by atoms with Gasteiger partial charge < -0.3 is 5.32 Å². The molecule has 0 saturated carbocycles. The predicted octanol–water partition coefficient (Wildman–Crippen LogP) is 3.16. The van der Waals surface area contributed by atoms with Crippen LogP contribution in [0.1, 0.15) is 18.1 Å². The lowest BCUT2D eigenvalue weighted by molar-refractivity contribution is 1.12. The summed E-state index contributed by atoms with van der Waals surface area (Å²) in [7, 11) is 0. The third-order valence-electron chi connectivity index (χ3n) is 2.16. The Labute approximate surface area is 80.5 Å². The first kappa shape index (κ1) is 9.85. The van der Waals surface area contributed by atoms with E-state index in [2.05, 4.69) is 43.9 Å². The van der Waals surface area contributed by atoms with Crippen LogP contribution in [0.3, 0.4) is 0 Å². The molecule has 1 nitrogen and oxygen atoms in total. The second kappa shape index (κ2) is 4.70. The molecule has 1 heteroatoms. The molecule has 0 atom stereocenters. The summed E-state index contributed by atoms with van der Waals surface area (Å²) in [6, 6.07) is 6.40. The van der Waals surface area contributed by atoms with E-state index >= 15 is 0 Å². The van der Waals surface area contributed by atoms with Gasteiger partial charge in [0.2, 0.25) is 0 Å². The molecule has 0 aromatic heterocycles. The van der Waals surface area contributed by atoms with Crippen LogP contribution in [0.2, 0.25) is 0 Å². The second-order valence-electron chi connectivity index (χ2n) is 3.13. The Morgan fingerprint density at radius 2 is 2.23 bits per heavy atom. The molecule has 0 spiro atoms. The van der Waals surface area contributed by atoms with Crippen molar-refractivity contribution in [2.45, 2.75) is 20.3 Å². The zero-order chi connectivity index (χ0) is 9.68. The molecule has 0 heterocycles. The highest BCUT2D eigenvalue weighted by molar-refractivity contribution is 5.57. The molecule has 13 heavy (non-hydrogen) atoms. The summed E-state index contributed by atoms with van der Waals surface area (Å²) in [5.74, 6) is 0. The third-order valence-corrected chi connectivity index (χ3v) is 2.16. The van der Waals surface area contributed by atoms with Crippen molar-refractivity contribution >= 4 is 5.69 Å². The molecular weight excluding hydrogens is 158 g/mol. The maximum atomic E-state index is 3.70. The van der Waals surface area contributed by atoms with Crippen molar-refractivity contribution in [3.8, 4) is 0 Å². The molecule has 0 unspecified atom stereocenters. The highest BCUT2D eigenvalue weighted by Crippen LogP contribution is 2.20. The normalized spacial score (nSPS) is 9.69. The molecule has 70 valence electrons. The van der Waals surface area contributed by atoms with Crippen LogP contribution in [0.4, 0.5) is 5.69 Å². The molecule has 0 aliphatic rings. The molecule has 0 saturated heterocycles. The average molecular weight is 175 g/mol. The third kappa shape index (κ3) is 2.35. The van der Waals surface area contributed by atoms with Gasteiger partial charge in [0.15, 0.2) is 0 Å². The van der Waals surface area contributed by atoms with Crippen LogP contribution in [0.5, 0.6) is 0 Å². The van der Waals surface area contributed by atoms with E-state index in [4.69, 9.17) is 0 Å². The lowest BCUT2D eigenvalue weighted by Crippen LogP contribution is -2.03. The fraction of sp³-hybridized carbons (Fsp3) is 0.333. The fourth-order valence-corrected chi connectivity index (χ4v) is 1.45. The van der Waals surface area contributed by atoms with E-state index in [9.17, 15) is 0 Å². The molecule has 0 fully saturated rings. The first-order valence-electron chi connectivity index (χ1n) is 4.72. The van der Waals surface area contributed by atoms with Gasteiger partial charge in [0.25, 0.3) is 0 Å². The first-order valence-corrected chi connectivity index (χ1v) is 4.72. The van der Waals surface area contributed by atoms with Crippen molar-refractivity contribution in [1.29, 1.82) is 0 Å². The lowest BCUT2D eigenvalue weighted by atomic mass is 10.1. The number of anilines is 1. The van der Waals surface area contributed by atoms with Gasteiger partial charge in [-0.1, -0.05) is 31.2 Å². The zero-order valence-corrected chi connectivity index (χ0v) is 8.43. The van der Waals surface area contributed by atoms with E-state index in [0.717, 1.165) is 13.0 Å². The summed E-state index contributed by atoms with van der Waals surface area (Å²) in [5.41, 5.74) is 3.95. The molecule has 0 bridgehead atoms. The van der Waals surface area contributed by atoms with E-state index in [1.54, 1.807) is 0 Å². The molecule has 1 aromatic rings. The van der Waals surface area contributed by atoms with Crippen LogP contribution >= 0.6 is 0 Å². The van der Waals surface area contributed by atoms with Crippen molar-refractivity contribution in [2.75, 3.05) is 11.9 Å². The number of rotatable bonds is 4. The van der Waals surface area contributed by atoms with E-state index in [1.807, 2.05) is 6.08 Å². The standard InChI is InChI=1S/C12H17N/c1-4-9-13-12-10(3)7-6-8-11(12)5-2/h4,6-8,13H,1,5,9H2,2-3H3. The lowest BCUT2D eigenvalue weighted by Gasteiger charge is -2.12. The van der Waals surface area contributed by atoms with Gasteiger partial charge >= 0.3 is 0 Å². The molecule has 1 N–H and O–H groups in total. The van der Waals surface area contributed by atoms with Crippen molar-refractivity contribution in [3.63, 3.8) is 0 Å². The number of hydrogen-bond donors (Lipinski definition) is 1. The monoisotopic (exact) mass is 175 g/mol. The number of benzene rings is 1. The minimum absolute atomic E-state index is 0.831. The van der Waals surface area contributed by atoms with Gasteiger partial charge in [-0.15, -0.1) is 6.58 Å². The number of para-hydroxylation sites is 1. The van der Waals surface area contributed by atoms with Gasteiger partial charge in [0, 0.05) is 12.2 Å². The summed E-state index contributed by atoms with van der Waals surface area (Å²) >= 11 is 0. The minimum atomic E-state index is 0.831. The van der Waals surface area contributed by atoms with Gasteiger partial charge in [0.05, 0.1) is 0 Å². The van der Waals surface area contributed by atoms with Crippen molar-refractivity contribution in [2.24, 2.45) is 0 Å². The van der Waals surface area contributed by atoms with Crippen LogP contribution in [0.15, 0.2) is 30.9 Å². The SMILES string of the molecule is C=CCNc1c(C)cccc1CC. The number of nitrogens with one attached hydrogen (secondary N) is 1. The highest BCUT2D eigenvalue weighted by atomic mass is 14.9. The maximum Gasteiger partial charge on any atom is 0.0404 e. The largest absolute Gasteiger partial charge is 0.381 e. The average Bonchev–Trinajstić information content (AvgIpc) is 2.15. The first-order chi connectivity index (χ1) is 6.29. The van der Waals surface area contributed by atoms with Crippen LogP contribution in [0, 0.1) is 6.92 Å². The molecular formula is C12H17N. The summed E-state index contributed by atoms with van der Waals surface area (Å²) in [4.78, 5) is 0. The number of aryl methyl sites for hydroxylation is 2. The van der Waals surface area contributed by atoms with Gasteiger partial charge in [-0.3, -0.25) is 0 Å². The van der Waals surface area contributed by atoms with Crippen LogP contribution < -0.4 is 5.32 Å². The Balaban J connectivity index is 2.93. The Kier molecular flexibility index (Phi) is 3.56. The molecule has 0 aliphatic heterocycles. The summed E-state index contributed by atoms with van der Waals surface area (Å²) < 4.78 is 0. The van der Waals surface area contributed by atoms with Gasteiger partial charge in [-0.2, -0.15) is 0 Å². The minimum Gasteiger partial charge on any atom is -0.381 e. The molecule has 0 amide bonds. The molecule has 0 aliphatic carbocycles. The Hall–Kier alpha value is -1.24. The highest BCUT2D eigenvalue weighted by Gasteiger charge is 2.01. The van der Waals surface area contributed by atoms with E-state index in [-0.39, 0.29) is 0 Å². The van der Waals surface area contributed by atoms with Crippen molar-refractivity contribution in [3.05, 3.63) is 42.0 Å². The smallest absolute Gasteiger partial charge is 0.0404 e. The number of hydrogen-bond acceptors (Lipinski definition) is 1. The quantitative estimate of drug-likeness (QED) is 0.693. The molecule has 1 aromatic carbocycles. The maximum absolute atomic E-state index is 3.70. The summed E-state index contributed by atoms with van der Waals surface area (Å²) in [6.07, 6.45) is 2.95. The van der Waals surface area contributed by atoms with Crippen molar-refractivity contribution < 1.29 is 0 Å². The zero-order valence-electron chi connectivity index (χ0n) is 8.43. The van der Waals surface area contributed by atoms with Crippen LogP contribution in [0.25, 0.3) is 0 Å². The van der Waals surface area contributed by atoms with Crippen LogP contribution in [-0.4, -0.2) is 6.54 Å². The van der Waals surface area contributed by atoms with Gasteiger partial charge in [-0.05, 0) is 24.5 Å².